The Labute approximate surface area is 183 Å². The van der Waals surface area contributed by atoms with Crippen LogP contribution in [0.15, 0.2) is 40.9 Å². The molecule has 0 radical (unpaired) electrons. The Morgan fingerprint density at radius 3 is 2.90 bits per heavy atom. The minimum absolute atomic E-state index is 0.0555. The maximum absolute atomic E-state index is 12.9. The van der Waals surface area contributed by atoms with Crippen LogP contribution in [-0.2, 0) is 11.3 Å². The second kappa shape index (κ2) is 9.63. The van der Waals surface area contributed by atoms with E-state index in [2.05, 4.69) is 14.8 Å². The molecule has 7 nitrogen and oxygen atoms in total. The van der Waals surface area contributed by atoms with Crippen LogP contribution in [0.1, 0.15) is 23.2 Å². The molecule has 30 heavy (non-hydrogen) atoms. The lowest BCUT2D eigenvalue weighted by atomic mass is 10.1. The van der Waals surface area contributed by atoms with Crippen molar-refractivity contribution in [2.45, 2.75) is 30.6 Å². The zero-order valence-corrected chi connectivity index (χ0v) is 18.5. The molecule has 1 atom stereocenters. The number of hydrogen-bond donors (Lipinski definition) is 0. The number of aromatic nitrogens is 3. The van der Waals surface area contributed by atoms with Crippen molar-refractivity contribution in [3.63, 3.8) is 0 Å². The van der Waals surface area contributed by atoms with Crippen LogP contribution >= 0.6 is 23.1 Å². The number of Topliss-reactive ketones (excluding diaryl/α,β-unsaturated/α-hetero) is 1. The van der Waals surface area contributed by atoms with Gasteiger partial charge in [-0.05, 0) is 42.5 Å². The third-order valence-electron chi connectivity index (χ3n) is 4.91. The summed E-state index contributed by atoms with van der Waals surface area (Å²) in [5.74, 6) is 2.12. The zero-order valence-electron chi connectivity index (χ0n) is 16.9. The van der Waals surface area contributed by atoms with E-state index in [9.17, 15) is 4.79 Å². The number of thioether (sulfide) groups is 1. The van der Waals surface area contributed by atoms with Crippen molar-refractivity contribution >= 4 is 28.9 Å². The topological polar surface area (TPSA) is 75.5 Å². The molecule has 1 aliphatic heterocycles. The van der Waals surface area contributed by atoms with Crippen molar-refractivity contribution < 1.29 is 19.0 Å². The van der Waals surface area contributed by atoms with Crippen molar-refractivity contribution in [2.75, 3.05) is 26.6 Å². The lowest BCUT2D eigenvalue weighted by Gasteiger charge is -2.14. The molecule has 1 fully saturated rings. The number of ether oxygens (including phenoxy) is 3. The smallest absolute Gasteiger partial charge is 0.192 e. The highest BCUT2D eigenvalue weighted by atomic mass is 32.2. The number of carbonyl (C=O) groups excluding carboxylic acids is 1. The van der Waals surface area contributed by atoms with E-state index in [4.69, 9.17) is 14.2 Å². The molecule has 0 aliphatic carbocycles. The van der Waals surface area contributed by atoms with E-state index in [0.29, 0.717) is 28.8 Å². The highest BCUT2D eigenvalue weighted by molar-refractivity contribution is 7.99. The summed E-state index contributed by atoms with van der Waals surface area (Å²) >= 11 is 3.00. The average Bonchev–Trinajstić information content (AvgIpc) is 3.54. The molecule has 0 bridgehead atoms. The molecule has 158 valence electrons. The van der Waals surface area contributed by atoms with Crippen LogP contribution < -0.4 is 9.47 Å². The van der Waals surface area contributed by atoms with Crippen LogP contribution in [0.5, 0.6) is 11.5 Å². The van der Waals surface area contributed by atoms with Gasteiger partial charge in [-0.3, -0.25) is 9.36 Å². The summed E-state index contributed by atoms with van der Waals surface area (Å²) in [6.07, 6.45) is 2.23. The van der Waals surface area contributed by atoms with Crippen LogP contribution in [0, 0.1) is 0 Å². The molecule has 9 heteroatoms. The molecule has 4 rings (SSSR count). The first kappa shape index (κ1) is 20.9. The van der Waals surface area contributed by atoms with Gasteiger partial charge in [-0.1, -0.05) is 17.8 Å². The molecule has 3 aromatic rings. The van der Waals surface area contributed by atoms with Crippen LogP contribution in [-0.4, -0.2) is 53.2 Å². The highest BCUT2D eigenvalue weighted by Gasteiger charge is 2.23. The van der Waals surface area contributed by atoms with E-state index in [1.165, 1.54) is 11.8 Å². The van der Waals surface area contributed by atoms with E-state index in [1.54, 1.807) is 43.8 Å². The summed E-state index contributed by atoms with van der Waals surface area (Å²) < 4.78 is 18.5. The van der Waals surface area contributed by atoms with Gasteiger partial charge in [0.2, 0.25) is 0 Å². The Balaban J connectivity index is 1.55. The molecule has 3 heterocycles. The van der Waals surface area contributed by atoms with Crippen LogP contribution in [0.4, 0.5) is 0 Å². The number of nitrogens with zero attached hydrogens (tertiary/aromatic N) is 3. The molecule has 2 aromatic heterocycles. The largest absolute Gasteiger partial charge is 0.497 e. The zero-order chi connectivity index (χ0) is 20.9. The van der Waals surface area contributed by atoms with Gasteiger partial charge in [0.05, 0.1) is 43.1 Å². The first-order valence-corrected chi connectivity index (χ1v) is 11.5. The second-order valence-electron chi connectivity index (χ2n) is 6.81. The van der Waals surface area contributed by atoms with Crippen molar-refractivity contribution in [1.29, 1.82) is 0 Å². The number of thiophene rings is 1. The first-order chi connectivity index (χ1) is 14.7. The molecule has 1 saturated heterocycles. The van der Waals surface area contributed by atoms with E-state index in [0.717, 1.165) is 30.2 Å². The van der Waals surface area contributed by atoms with Crippen LogP contribution in [0.3, 0.4) is 0 Å². The molecule has 1 unspecified atom stereocenters. The molecule has 0 N–H and O–H groups in total. The van der Waals surface area contributed by atoms with E-state index < -0.39 is 0 Å². The molecular formula is C21H23N3O4S2. The summed E-state index contributed by atoms with van der Waals surface area (Å²) in [5.41, 5.74) is 0.494. The third-order valence-corrected chi connectivity index (χ3v) is 6.74. The van der Waals surface area contributed by atoms with Crippen LogP contribution in [0.25, 0.3) is 10.7 Å². The number of methoxy groups -OCH3 is 2. The molecule has 1 aromatic carbocycles. The predicted octanol–water partition coefficient (Wildman–Crippen LogP) is 4.18. The molecule has 0 amide bonds. The monoisotopic (exact) mass is 445 g/mol. The van der Waals surface area contributed by atoms with Gasteiger partial charge in [0, 0.05) is 6.61 Å². The quantitative estimate of drug-likeness (QED) is 0.361. The number of ketones is 1. The molecule has 0 spiro atoms. The third kappa shape index (κ3) is 4.53. The van der Waals surface area contributed by atoms with Gasteiger partial charge in [0.25, 0.3) is 0 Å². The van der Waals surface area contributed by atoms with Crippen molar-refractivity contribution in [3.05, 3.63) is 41.3 Å². The van der Waals surface area contributed by atoms with E-state index in [-0.39, 0.29) is 17.6 Å². The van der Waals surface area contributed by atoms with Gasteiger partial charge >= 0.3 is 0 Å². The molecular weight excluding hydrogens is 422 g/mol. The fourth-order valence-corrected chi connectivity index (χ4v) is 4.93. The summed E-state index contributed by atoms with van der Waals surface area (Å²) in [4.78, 5) is 14.0. The van der Waals surface area contributed by atoms with Gasteiger partial charge in [-0.25, -0.2) is 0 Å². The van der Waals surface area contributed by atoms with Gasteiger partial charge in [0.15, 0.2) is 16.8 Å². The summed E-state index contributed by atoms with van der Waals surface area (Å²) in [6, 6.07) is 9.24. The second-order valence-corrected chi connectivity index (χ2v) is 8.70. The molecule has 0 saturated carbocycles. The summed E-state index contributed by atoms with van der Waals surface area (Å²) in [6.45, 7) is 1.47. The number of benzene rings is 1. The fourth-order valence-electron chi connectivity index (χ4n) is 3.38. The standard InChI is InChI=1S/C21H23N3O4S2/c1-26-14-7-8-18(27-2)16(11-14)17(25)13-30-21-23-22-20(19-6-4-10-29-19)24(21)12-15-5-3-9-28-15/h4,6-8,10-11,15H,3,5,9,12-13H2,1-2H3. The Morgan fingerprint density at radius 2 is 2.20 bits per heavy atom. The Kier molecular flexibility index (Phi) is 6.71. The van der Waals surface area contributed by atoms with Crippen molar-refractivity contribution in [1.82, 2.24) is 14.8 Å². The lowest BCUT2D eigenvalue weighted by Crippen LogP contribution is -2.17. The number of hydrogen-bond acceptors (Lipinski definition) is 8. The van der Waals surface area contributed by atoms with Gasteiger partial charge in [-0.15, -0.1) is 21.5 Å². The number of carbonyl (C=O) groups is 1. The lowest BCUT2D eigenvalue weighted by molar-refractivity contribution is 0.0953. The van der Waals surface area contributed by atoms with Gasteiger partial charge in [-0.2, -0.15) is 0 Å². The summed E-state index contributed by atoms with van der Waals surface area (Å²) in [7, 11) is 3.13. The van der Waals surface area contributed by atoms with Crippen LogP contribution in [0.2, 0.25) is 0 Å². The predicted molar refractivity (Wildman–Crippen MR) is 117 cm³/mol. The van der Waals surface area contributed by atoms with E-state index >= 15 is 0 Å². The first-order valence-electron chi connectivity index (χ1n) is 9.66. The minimum atomic E-state index is -0.0555. The SMILES string of the molecule is COc1ccc(OC)c(C(=O)CSc2nnc(-c3cccs3)n2CC2CCCO2)c1. The van der Waals surface area contributed by atoms with E-state index in [1.807, 2.05) is 17.5 Å². The van der Waals surface area contributed by atoms with Crippen molar-refractivity contribution in [3.8, 4) is 22.2 Å². The summed E-state index contributed by atoms with van der Waals surface area (Å²) in [5, 5.41) is 11.5. The number of rotatable bonds is 9. The highest BCUT2D eigenvalue weighted by Crippen LogP contribution is 2.31. The van der Waals surface area contributed by atoms with Crippen molar-refractivity contribution in [2.24, 2.45) is 0 Å². The normalized spacial score (nSPS) is 16.0. The minimum Gasteiger partial charge on any atom is -0.497 e. The maximum Gasteiger partial charge on any atom is 0.192 e. The molecule has 1 aliphatic rings. The van der Waals surface area contributed by atoms with Gasteiger partial charge in [0.1, 0.15) is 11.5 Å². The Morgan fingerprint density at radius 1 is 1.30 bits per heavy atom. The Hall–Kier alpha value is -2.36. The average molecular weight is 446 g/mol. The Bertz CT molecular complexity index is 998. The van der Waals surface area contributed by atoms with Gasteiger partial charge < -0.3 is 14.2 Å². The maximum atomic E-state index is 12.9. The fraction of sp³-hybridized carbons (Fsp3) is 0.381.